The fourth-order valence-electron chi connectivity index (χ4n) is 3.35. The smallest absolute Gasteiger partial charge is 0.0409 e. The molecule has 118 valence electrons. The van der Waals surface area contributed by atoms with Crippen molar-refractivity contribution in [2.45, 2.75) is 64.1 Å². The maximum atomic E-state index is 6.12. The van der Waals surface area contributed by atoms with E-state index in [-0.39, 0.29) is 0 Å². The standard InChI is InChI=1S/C18H29ClN2/c1-4-12-20-17-8-10-18(11-9-17)21(3)14(2)15-6-5-7-16(19)13-15/h5-7,13-14,17-18,20H,4,8-12H2,1-3H3. The molecule has 1 aromatic carbocycles. The molecular formula is C18H29ClN2. The SMILES string of the molecule is CCCNC1CCC(N(C)C(C)c2cccc(Cl)c2)CC1. The zero-order valence-electron chi connectivity index (χ0n) is 13.6. The van der Waals surface area contributed by atoms with Crippen molar-refractivity contribution in [3.63, 3.8) is 0 Å². The van der Waals surface area contributed by atoms with Crippen LogP contribution >= 0.6 is 11.6 Å². The Morgan fingerprint density at radius 2 is 2.00 bits per heavy atom. The van der Waals surface area contributed by atoms with Crippen LogP contribution in [0.15, 0.2) is 24.3 Å². The zero-order valence-corrected chi connectivity index (χ0v) is 14.4. The fourth-order valence-corrected chi connectivity index (χ4v) is 3.55. The second-order valence-corrected chi connectivity index (χ2v) is 6.79. The van der Waals surface area contributed by atoms with E-state index in [0.29, 0.717) is 12.1 Å². The third-order valence-corrected chi connectivity index (χ3v) is 5.13. The maximum absolute atomic E-state index is 6.12. The zero-order chi connectivity index (χ0) is 15.2. The van der Waals surface area contributed by atoms with Gasteiger partial charge in [-0.2, -0.15) is 0 Å². The number of nitrogens with zero attached hydrogens (tertiary/aromatic N) is 1. The molecule has 0 aliphatic heterocycles. The lowest BCUT2D eigenvalue weighted by molar-refractivity contribution is 0.135. The normalized spacial score (nSPS) is 24.2. The Labute approximate surface area is 134 Å². The van der Waals surface area contributed by atoms with Gasteiger partial charge >= 0.3 is 0 Å². The predicted octanol–water partition coefficient (Wildman–Crippen LogP) is 4.64. The largest absolute Gasteiger partial charge is 0.314 e. The highest BCUT2D eigenvalue weighted by atomic mass is 35.5. The molecule has 2 nitrogen and oxygen atoms in total. The van der Waals surface area contributed by atoms with Crippen LogP contribution in [0.25, 0.3) is 0 Å². The second kappa shape index (κ2) is 8.17. The Kier molecular flexibility index (Phi) is 6.53. The van der Waals surface area contributed by atoms with Crippen LogP contribution in [0.5, 0.6) is 0 Å². The molecular weight excluding hydrogens is 280 g/mol. The van der Waals surface area contributed by atoms with Crippen LogP contribution in [0.1, 0.15) is 57.6 Å². The van der Waals surface area contributed by atoms with Crippen molar-refractivity contribution in [1.82, 2.24) is 10.2 Å². The molecule has 0 aromatic heterocycles. The number of hydrogen-bond acceptors (Lipinski definition) is 2. The van der Waals surface area contributed by atoms with Gasteiger partial charge in [0.05, 0.1) is 0 Å². The quantitative estimate of drug-likeness (QED) is 0.823. The molecule has 3 heteroatoms. The number of halogens is 1. The molecule has 1 aliphatic rings. The van der Waals surface area contributed by atoms with Crippen LogP contribution in [0.2, 0.25) is 5.02 Å². The summed E-state index contributed by atoms with van der Waals surface area (Å²) >= 11 is 6.12. The van der Waals surface area contributed by atoms with E-state index < -0.39 is 0 Å². The summed E-state index contributed by atoms with van der Waals surface area (Å²) in [5.74, 6) is 0. The van der Waals surface area contributed by atoms with Gasteiger partial charge in [0.2, 0.25) is 0 Å². The molecule has 1 aromatic rings. The van der Waals surface area contributed by atoms with Gasteiger partial charge in [0.1, 0.15) is 0 Å². The number of nitrogens with one attached hydrogen (secondary N) is 1. The summed E-state index contributed by atoms with van der Waals surface area (Å²) in [7, 11) is 2.26. The van der Waals surface area contributed by atoms with Gasteiger partial charge < -0.3 is 5.32 Å². The topological polar surface area (TPSA) is 15.3 Å². The Morgan fingerprint density at radius 1 is 1.29 bits per heavy atom. The Bertz CT molecular complexity index is 427. The molecule has 0 saturated heterocycles. The monoisotopic (exact) mass is 308 g/mol. The molecule has 2 rings (SSSR count). The van der Waals surface area contributed by atoms with Gasteiger partial charge in [-0.15, -0.1) is 0 Å². The van der Waals surface area contributed by atoms with E-state index in [1.165, 1.54) is 37.7 Å². The van der Waals surface area contributed by atoms with Gasteiger partial charge in [-0.3, -0.25) is 4.90 Å². The van der Waals surface area contributed by atoms with E-state index >= 15 is 0 Å². The highest BCUT2D eigenvalue weighted by Crippen LogP contribution is 2.29. The highest BCUT2D eigenvalue weighted by Gasteiger charge is 2.26. The van der Waals surface area contributed by atoms with Gasteiger partial charge in [-0.05, 0) is 70.3 Å². The third kappa shape index (κ3) is 4.70. The summed E-state index contributed by atoms with van der Waals surface area (Å²) < 4.78 is 0. The molecule has 1 aliphatic carbocycles. The molecule has 1 atom stereocenters. The average molecular weight is 309 g/mol. The first-order valence-electron chi connectivity index (χ1n) is 8.32. The van der Waals surface area contributed by atoms with Crippen molar-refractivity contribution in [3.05, 3.63) is 34.9 Å². The first-order chi connectivity index (χ1) is 10.1. The summed E-state index contributed by atoms with van der Waals surface area (Å²) in [6.45, 7) is 5.68. The van der Waals surface area contributed by atoms with E-state index in [9.17, 15) is 0 Å². The summed E-state index contributed by atoms with van der Waals surface area (Å²) in [5.41, 5.74) is 1.32. The summed E-state index contributed by atoms with van der Waals surface area (Å²) in [6, 6.07) is 10.1. The highest BCUT2D eigenvalue weighted by molar-refractivity contribution is 6.30. The Morgan fingerprint density at radius 3 is 2.62 bits per heavy atom. The van der Waals surface area contributed by atoms with Crippen LogP contribution < -0.4 is 5.32 Å². The first kappa shape index (κ1) is 16.8. The summed E-state index contributed by atoms with van der Waals surface area (Å²) in [6.07, 6.45) is 6.42. The molecule has 21 heavy (non-hydrogen) atoms. The first-order valence-corrected chi connectivity index (χ1v) is 8.70. The van der Waals surface area contributed by atoms with Crippen molar-refractivity contribution < 1.29 is 0 Å². The van der Waals surface area contributed by atoms with Crippen LogP contribution in [0, 0.1) is 0 Å². The lowest BCUT2D eigenvalue weighted by atomic mass is 9.89. The van der Waals surface area contributed by atoms with Crippen molar-refractivity contribution in [2.24, 2.45) is 0 Å². The number of hydrogen-bond donors (Lipinski definition) is 1. The molecule has 1 saturated carbocycles. The molecule has 0 amide bonds. The van der Waals surface area contributed by atoms with Crippen molar-refractivity contribution in [2.75, 3.05) is 13.6 Å². The molecule has 1 fully saturated rings. The Hall–Kier alpha value is -0.570. The van der Waals surface area contributed by atoms with E-state index in [1.807, 2.05) is 12.1 Å². The van der Waals surface area contributed by atoms with Crippen molar-refractivity contribution in [1.29, 1.82) is 0 Å². The van der Waals surface area contributed by atoms with Gasteiger partial charge in [-0.1, -0.05) is 30.7 Å². The molecule has 0 spiro atoms. The molecule has 1 N–H and O–H groups in total. The van der Waals surface area contributed by atoms with E-state index in [1.54, 1.807) is 0 Å². The van der Waals surface area contributed by atoms with Gasteiger partial charge in [0.15, 0.2) is 0 Å². The van der Waals surface area contributed by atoms with E-state index in [4.69, 9.17) is 11.6 Å². The lowest BCUT2D eigenvalue weighted by Gasteiger charge is -2.38. The molecule has 1 unspecified atom stereocenters. The Balaban J connectivity index is 1.88. The minimum Gasteiger partial charge on any atom is -0.314 e. The van der Waals surface area contributed by atoms with Crippen LogP contribution in [0.4, 0.5) is 0 Å². The van der Waals surface area contributed by atoms with E-state index in [0.717, 1.165) is 17.6 Å². The molecule has 0 radical (unpaired) electrons. The van der Waals surface area contributed by atoms with Crippen molar-refractivity contribution >= 4 is 11.6 Å². The van der Waals surface area contributed by atoms with Crippen molar-refractivity contribution in [3.8, 4) is 0 Å². The minimum atomic E-state index is 0.425. The second-order valence-electron chi connectivity index (χ2n) is 6.36. The van der Waals surface area contributed by atoms with Gasteiger partial charge in [-0.25, -0.2) is 0 Å². The van der Waals surface area contributed by atoms with Crippen LogP contribution in [0.3, 0.4) is 0 Å². The predicted molar refractivity (Wildman–Crippen MR) is 92.0 cm³/mol. The average Bonchev–Trinajstić information content (AvgIpc) is 2.52. The van der Waals surface area contributed by atoms with Gasteiger partial charge in [0.25, 0.3) is 0 Å². The molecule has 0 bridgehead atoms. The molecule has 0 heterocycles. The number of rotatable bonds is 6. The third-order valence-electron chi connectivity index (χ3n) is 4.90. The maximum Gasteiger partial charge on any atom is 0.0409 e. The van der Waals surface area contributed by atoms with Crippen LogP contribution in [-0.2, 0) is 0 Å². The van der Waals surface area contributed by atoms with Gasteiger partial charge in [0, 0.05) is 23.1 Å². The fraction of sp³-hybridized carbons (Fsp3) is 0.667. The minimum absolute atomic E-state index is 0.425. The summed E-state index contributed by atoms with van der Waals surface area (Å²) in [4.78, 5) is 2.53. The number of benzene rings is 1. The lowest BCUT2D eigenvalue weighted by Crippen LogP contribution is -2.41. The summed E-state index contributed by atoms with van der Waals surface area (Å²) in [5, 5.41) is 4.50. The van der Waals surface area contributed by atoms with E-state index in [2.05, 4.69) is 43.2 Å². The van der Waals surface area contributed by atoms with Crippen LogP contribution in [-0.4, -0.2) is 30.6 Å².